The molecule has 1 unspecified atom stereocenters. The van der Waals surface area contributed by atoms with E-state index in [9.17, 15) is 13.6 Å². The molecule has 4 rings (SSSR count). The van der Waals surface area contributed by atoms with Gasteiger partial charge < -0.3 is 4.98 Å². The maximum atomic E-state index is 12.7. The number of rotatable bonds is 2. The number of aromatic nitrogens is 5. The van der Waals surface area contributed by atoms with Crippen LogP contribution in [0.1, 0.15) is 35.7 Å². The highest BCUT2D eigenvalue weighted by Gasteiger charge is 2.26. The van der Waals surface area contributed by atoms with Gasteiger partial charge in [0, 0.05) is 17.5 Å². The molecule has 0 spiro atoms. The maximum Gasteiger partial charge on any atom is 0.333 e. The lowest BCUT2D eigenvalue weighted by Gasteiger charge is -2.23. The summed E-state index contributed by atoms with van der Waals surface area (Å²) in [6.45, 7) is -2.71. The van der Waals surface area contributed by atoms with Crippen LogP contribution in [0.5, 0.6) is 0 Å². The van der Waals surface area contributed by atoms with E-state index in [-0.39, 0.29) is 16.8 Å². The van der Waals surface area contributed by atoms with Crippen molar-refractivity contribution in [3.63, 3.8) is 0 Å². The number of alkyl halides is 2. The van der Waals surface area contributed by atoms with Crippen molar-refractivity contribution in [2.75, 3.05) is 0 Å². The molecule has 1 atom stereocenters. The van der Waals surface area contributed by atoms with Gasteiger partial charge in [-0.2, -0.15) is 13.9 Å². The Hall–Kier alpha value is -2.22. The molecule has 9 heteroatoms. The molecule has 0 saturated heterocycles. The summed E-state index contributed by atoms with van der Waals surface area (Å²) >= 11 is 6.01. The zero-order chi connectivity index (χ0) is 16.1. The molecular formula is C14H12ClF2N5O. The number of halogens is 3. The molecule has 0 aromatic carbocycles. The van der Waals surface area contributed by atoms with Crippen LogP contribution in [0.15, 0.2) is 17.1 Å². The molecule has 3 aromatic heterocycles. The third kappa shape index (κ3) is 2.42. The molecule has 0 radical (unpaired) electrons. The van der Waals surface area contributed by atoms with Gasteiger partial charge in [-0.05, 0) is 36.8 Å². The number of imidazole rings is 1. The summed E-state index contributed by atoms with van der Waals surface area (Å²) in [5.41, 5.74) is 3.42. The van der Waals surface area contributed by atoms with E-state index < -0.39 is 6.55 Å². The Morgan fingerprint density at radius 1 is 1.39 bits per heavy atom. The second-order valence-corrected chi connectivity index (χ2v) is 6.00. The van der Waals surface area contributed by atoms with Crippen LogP contribution in [0.3, 0.4) is 0 Å². The summed E-state index contributed by atoms with van der Waals surface area (Å²) in [7, 11) is 0. The summed E-state index contributed by atoms with van der Waals surface area (Å²) in [5.74, 6) is 0.00686. The molecule has 120 valence electrons. The first-order chi connectivity index (χ1) is 11.0. The van der Waals surface area contributed by atoms with Gasteiger partial charge in [-0.15, -0.1) is 0 Å². The van der Waals surface area contributed by atoms with E-state index in [0.29, 0.717) is 34.3 Å². The Kier molecular flexibility index (Phi) is 3.22. The van der Waals surface area contributed by atoms with Crippen LogP contribution in [0.4, 0.5) is 8.78 Å². The van der Waals surface area contributed by atoms with Gasteiger partial charge in [0.25, 0.3) is 0 Å². The van der Waals surface area contributed by atoms with Crippen LogP contribution < -0.4 is 5.69 Å². The number of aryl methyl sites for hydroxylation is 1. The van der Waals surface area contributed by atoms with Crippen LogP contribution in [0.25, 0.3) is 11.2 Å². The lowest BCUT2D eigenvalue weighted by atomic mass is 9.83. The number of hydrogen-bond acceptors (Lipinski definition) is 3. The standard InChI is InChI=1S/C14H12ClF2N5O/c15-11-8(5-22(21-11)13(16)17)6-1-2-9-7(3-6)4-10-12(18-9)20-14(23)19-10/h4-6,13H,1-3H2,(H2,18,19,20,23). The van der Waals surface area contributed by atoms with Crippen molar-refractivity contribution in [3.8, 4) is 0 Å². The number of fused-ring (bicyclic) bond motifs is 2. The summed E-state index contributed by atoms with van der Waals surface area (Å²) in [6.07, 6.45) is 3.38. The highest BCUT2D eigenvalue weighted by Crippen LogP contribution is 2.36. The third-order valence-corrected chi connectivity index (χ3v) is 4.51. The highest BCUT2D eigenvalue weighted by atomic mass is 35.5. The average Bonchev–Trinajstić information content (AvgIpc) is 3.05. The molecular weight excluding hydrogens is 328 g/mol. The van der Waals surface area contributed by atoms with Crippen LogP contribution in [-0.2, 0) is 12.8 Å². The Morgan fingerprint density at radius 2 is 2.22 bits per heavy atom. The van der Waals surface area contributed by atoms with Crippen molar-refractivity contribution in [1.82, 2.24) is 24.7 Å². The number of hydrogen-bond donors (Lipinski definition) is 2. The summed E-state index contributed by atoms with van der Waals surface area (Å²) < 4.78 is 26.1. The SMILES string of the molecule is O=c1[nH]c2cc3c(nc2[nH]1)CCC(c1cn(C(F)F)nc1Cl)C3. The minimum atomic E-state index is -2.71. The number of pyridine rings is 1. The van der Waals surface area contributed by atoms with E-state index in [1.807, 2.05) is 6.07 Å². The summed E-state index contributed by atoms with van der Waals surface area (Å²) in [4.78, 5) is 21.1. The van der Waals surface area contributed by atoms with Gasteiger partial charge in [-0.25, -0.2) is 14.5 Å². The van der Waals surface area contributed by atoms with E-state index in [2.05, 4.69) is 20.1 Å². The molecule has 3 aromatic rings. The third-order valence-electron chi connectivity index (χ3n) is 4.22. The minimum absolute atomic E-state index is 0.00686. The Balaban J connectivity index is 1.70. The fourth-order valence-corrected chi connectivity index (χ4v) is 3.43. The Bertz CT molecular complexity index is 944. The van der Waals surface area contributed by atoms with Crippen molar-refractivity contribution in [1.29, 1.82) is 0 Å². The summed E-state index contributed by atoms with van der Waals surface area (Å²) in [6, 6.07) is 1.88. The first-order valence-electron chi connectivity index (χ1n) is 7.15. The highest BCUT2D eigenvalue weighted by molar-refractivity contribution is 6.30. The Labute approximate surface area is 133 Å². The lowest BCUT2D eigenvalue weighted by molar-refractivity contribution is 0.0565. The van der Waals surface area contributed by atoms with Crippen LogP contribution >= 0.6 is 11.6 Å². The van der Waals surface area contributed by atoms with Gasteiger partial charge in [0.05, 0.1) is 5.52 Å². The molecule has 0 bridgehead atoms. The molecule has 2 N–H and O–H groups in total. The maximum absolute atomic E-state index is 12.7. The Morgan fingerprint density at radius 3 is 2.96 bits per heavy atom. The van der Waals surface area contributed by atoms with E-state index in [1.165, 1.54) is 6.20 Å². The lowest BCUT2D eigenvalue weighted by Crippen LogP contribution is -2.14. The predicted octanol–water partition coefficient (Wildman–Crippen LogP) is 2.77. The second kappa shape index (κ2) is 5.16. The van der Waals surface area contributed by atoms with Gasteiger partial charge in [0.1, 0.15) is 0 Å². The van der Waals surface area contributed by atoms with Crippen molar-refractivity contribution in [3.05, 3.63) is 44.7 Å². The average molecular weight is 340 g/mol. The molecule has 23 heavy (non-hydrogen) atoms. The normalized spacial score (nSPS) is 17.8. The quantitative estimate of drug-likeness (QED) is 0.753. The molecule has 3 heterocycles. The first kappa shape index (κ1) is 14.4. The molecule has 0 amide bonds. The fraction of sp³-hybridized carbons (Fsp3) is 0.357. The number of nitrogens with one attached hydrogen (secondary N) is 2. The second-order valence-electron chi connectivity index (χ2n) is 5.64. The van der Waals surface area contributed by atoms with Gasteiger partial charge >= 0.3 is 12.2 Å². The summed E-state index contributed by atoms with van der Waals surface area (Å²) in [5, 5.41) is 3.77. The van der Waals surface area contributed by atoms with Gasteiger partial charge in [-0.3, -0.25) is 4.98 Å². The molecule has 1 aliphatic carbocycles. The van der Waals surface area contributed by atoms with Crippen molar-refractivity contribution < 1.29 is 8.78 Å². The number of nitrogens with zero attached hydrogens (tertiary/aromatic N) is 3. The van der Waals surface area contributed by atoms with E-state index in [4.69, 9.17) is 11.6 Å². The van der Waals surface area contributed by atoms with Gasteiger partial charge in [0.2, 0.25) is 0 Å². The largest absolute Gasteiger partial charge is 0.333 e. The van der Waals surface area contributed by atoms with Crippen LogP contribution in [-0.4, -0.2) is 24.7 Å². The molecule has 6 nitrogen and oxygen atoms in total. The van der Waals surface area contributed by atoms with Crippen molar-refractivity contribution in [2.24, 2.45) is 0 Å². The number of H-pyrrole nitrogens is 2. The van der Waals surface area contributed by atoms with Crippen molar-refractivity contribution >= 4 is 22.8 Å². The monoisotopic (exact) mass is 339 g/mol. The fourth-order valence-electron chi connectivity index (χ4n) is 3.14. The zero-order valence-corrected chi connectivity index (χ0v) is 12.6. The topological polar surface area (TPSA) is 79.4 Å². The molecule has 0 aliphatic heterocycles. The first-order valence-corrected chi connectivity index (χ1v) is 7.52. The van der Waals surface area contributed by atoms with Crippen molar-refractivity contribution in [2.45, 2.75) is 31.7 Å². The molecule has 0 saturated carbocycles. The van der Waals surface area contributed by atoms with E-state index in [1.54, 1.807) is 0 Å². The van der Waals surface area contributed by atoms with Crippen LogP contribution in [0.2, 0.25) is 5.15 Å². The molecule has 1 aliphatic rings. The minimum Gasteiger partial charge on any atom is -0.304 e. The van der Waals surface area contributed by atoms with Crippen LogP contribution in [0, 0.1) is 0 Å². The zero-order valence-electron chi connectivity index (χ0n) is 11.8. The van der Waals surface area contributed by atoms with Gasteiger partial charge in [-0.1, -0.05) is 11.6 Å². The van der Waals surface area contributed by atoms with E-state index >= 15 is 0 Å². The molecule has 0 fully saturated rings. The predicted molar refractivity (Wildman–Crippen MR) is 80.0 cm³/mol. The smallest absolute Gasteiger partial charge is 0.304 e. The number of aromatic amines is 2. The van der Waals surface area contributed by atoms with Gasteiger partial charge in [0.15, 0.2) is 10.8 Å². The van der Waals surface area contributed by atoms with E-state index in [0.717, 1.165) is 17.7 Å².